The highest BCUT2D eigenvalue weighted by molar-refractivity contribution is 8.19. The van der Waals surface area contributed by atoms with Crippen molar-refractivity contribution in [3.05, 3.63) is 59.0 Å². The van der Waals surface area contributed by atoms with Crippen LogP contribution in [0.3, 0.4) is 0 Å². The lowest BCUT2D eigenvalue weighted by molar-refractivity contribution is -0.113. The molecule has 0 bridgehead atoms. The quantitative estimate of drug-likeness (QED) is 0.764. The second-order valence-electron chi connectivity index (χ2n) is 5.37. The van der Waals surface area contributed by atoms with Crippen LogP contribution in [0.15, 0.2) is 53.4 Å². The minimum atomic E-state index is -0.347. The summed E-state index contributed by atoms with van der Waals surface area (Å²) in [5.41, 5.74) is 2.02. The number of para-hydroxylation sites is 2. The van der Waals surface area contributed by atoms with Crippen molar-refractivity contribution in [1.82, 2.24) is 0 Å². The van der Waals surface area contributed by atoms with Crippen LogP contribution in [-0.4, -0.2) is 25.4 Å². The molecule has 128 valence electrons. The average molecular weight is 355 g/mol. The van der Waals surface area contributed by atoms with Gasteiger partial charge in [-0.25, -0.2) is 4.90 Å². The molecular formula is C19H17NO4S. The van der Waals surface area contributed by atoms with Crippen LogP contribution in [0, 0.1) is 0 Å². The average Bonchev–Trinajstić information content (AvgIpc) is 2.95. The van der Waals surface area contributed by atoms with E-state index >= 15 is 0 Å². The van der Waals surface area contributed by atoms with E-state index in [0.717, 1.165) is 27.8 Å². The number of benzene rings is 2. The maximum absolute atomic E-state index is 12.9. The minimum absolute atomic E-state index is 0.341. The van der Waals surface area contributed by atoms with E-state index in [-0.39, 0.29) is 11.1 Å². The Hall–Kier alpha value is -2.73. The van der Waals surface area contributed by atoms with Gasteiger partial charge in [0.15, 0.2) is 0 Å². The fourth-order valence-electron chi connectivity index (χ4n) is 2.61. The van der Waals surface area contributed by atoms with Crippen molar-refractivity contribution >= 4 is 34.2 Å². The fraction of sp³-hybridized carbons (Fsp3) is 0.158. The summed E-state index contributed by atoms with van der Waals surface area (Å²) in [4.78, 5) is 26.9. The molecular weight excluding hydrogens is 338 g/mol. The summed E-state index contributed by atoms with van der Waals surface area (Å²) < 4.78 is 10.5. The van der Waals surface area contributed by atoms with Crippen LogP contribution >= 0.6 is 11.8 Å². The smallest absolute Gasteiger partial charge is 0.298 e. The van der Waals surface area contributed by atoms with E-state index in [4.69, 9.17) is 9.47 Å². The first-order valence-corrected chi connectivity index (χ1v) is 8.43. The lowest BCUT2D eigenvalue weighted by Crippen LogP contribution is -2.28. The Morgan fingerprint density at radius 2 is 1.76 bits per heavy atom. The first kappa shape index (κ1) is 17.1. The van der Waals surface area contributed by atoms with Crippen molar-refractivity contribution in [3.63, 3.8) is 0 Å². The van der Waals surface area contributed by atoms with Crippen molar-refractivity contribution in [2.75, 3.05) is 19.1 Å². The molecule has 0 spiro atoms. The lowest BCUT2D eigenvalue weighted by Gasteiger charge is -2.16. The molecule has 0 radical (unpaired) electrons. The van der Waals surface area contributed by atoms with Gasteiger partial charge in [-0.2, -0.15) is 0 Å². The Morgan fingerprint density at radius 3 is 2.48 bits per heavy atom. The molecule has 2 aromatic rings. The largest absolute Gasteiger partial charge is 0.497 e. The first-order chi connectivity index (χ1) is 12.1. The van der Waals surface area contributed by atoms with Crippen LogP contribution in [-0.2, 0) is 4.79 Å². The van der Waals surface area contributed by atoms with E-state index in [0.29, 0.717) is 22.1 Å². The summed E-state index contributed by atoms with van der Waals surface area (Å²) in [6.45, 7) is 1.83. The molecule has 1 aliphatic heterocycles. The summed E-state index contributed by atoms with van der Waals surface area (Å²) in [5.74, 6) is 0.825. The van der Waals surface area contributed by atoms with Crippen LogP contribution in [0.5, 0.6) is 11.5 Å². The Bertz CT molecular complexity index is 875. The molecule has 2 amide bonds. The van der Waals surface area contributed by atoms with Crippen molar-refractivity contribution < 1.29 is 19.1 Å². The van der Waals surface area contributed by atoms with Crippen LogP contribution in [0.25, 0.3) is 5.57 Å². The summed E-state index contributed by atoms with van der Waals surface area (Å²) >= 11 is 0.933. The highest BCUT2D eigenvalue weighted by atomic mass is 32.2. The number of amides is 2. The Balaban J connectivity index is 2.03. The number of thioether (sulfide) groups is 1. The van der Waals surface area contributed by atoms with Gasteiger partial charge in [0.05, 0.1) is 24.8 Å². The third kappa shape index (κ3) is 3.13. The van der Waals surface area contributed by atoms with Crippen molar-refractivity contribution in [2.45, 2.75) is 6.92 Å². The number of rotatable bonds is 4. The van der Waals surface area contributed by atoms with E-state index in [2.05, 4.69) is 0 Å². The van der Waals surface area contributed by atoms with Gasteiger partial charge in [-0.1, -0.05) is 24.3 Å². The fourth-order valence-corrected chi connectivity index (χ4v) is 3.50. The number of nitrogens with zero attached hydrogens (tertiary/aromatic N) is 1. The molecule has 6 heteroatoms. The van der Waals surface area contributed by atoms with Gasteiger partial charge in [0.1, 0.15) is 11.5 Å². The summed E-state index contributed by atoms with van der Waals surface area (Å²) in [5, 5.41) is -0.341. The topological polar surface area (TPSA) is 55.8 Å². The van der Waals surface area contributed by atoms with E-state index in [1.807, 2.05) is 31.2 Å². The standard InChI is InChI=1S/C19H17NO4S/c1-12(13-7-6-8-14(11-13)23-2)17-18(21)20(19(22)25-17)15-9-4-5-10-16(15)24-3/h4-11H,1-3H3/b17-12-. The van der Waals surface area contributed by atoms with Crippen LogP contribution in [0.4, 0.5) is 10.5 Å². The van der Waals surface area contributed by atoms with Gasteiger partial charge >= 0.3 is 0 Å². The number of imide groups is 1. The highest BCUT2D eigenvalue weighted by Crippen LogP contribution is 2.41. The first-order valence-electron chi connectivity index (χ1n) is 7.61. The number of hydrogen-bond acceptors (Lipinski definition) is 5. The normalized spacial score (nSPS) is 16.2. The third-order valence-electron chi connectivity index (χ3n) is 3.94. The summed E-state index contributed by atoms with van der Waals surface area (Å²) in [7, 11) is 3.10. The van der Waals surface area contributed by atoms with Gasteiger partial charge in [0.25, 0.3) is 11.1 Å². The zero-order valence-electron chi connectivity index (χ0n) is 14.1. The molecule has 3 rings (SSSR count). The molecule has 0 unspecified atom stereocenters. The maximum Gasteiger partial charge on any atom is 0.298 e. The SMILES string of the molecule is COc1cccc(/C(C)=C2\SC(=O)N(c3ccccc3OC)C2=O)c1. The zero-order valence-corrected chi connectivity index (χ0v) is 14.9. The molecule has 0 aliphatic carbocycles. The number of hydrogen-bond donors (Lipinski definition) is 0. The third-order valence-corrected chi connectivity index (χ3v) is 4.98. The van der Waals surface area contributed by atoms with E-state index in [9.17, 15) is 9.59 Å². The van der Waals surface area contributed by atoms with Crippen molar-refractivity contribution in [2.24, 2.45) is 0 Å². The van der Waals surface area contributed by atoms with Crippen molar-refractivity contribution in [1.29, 1.82) is 0 Å². The number of carbonyl (C=O) groups is 2. The number of carbonyl (C=O) groups excluding carboxylic acids is 2. The molecule has 1 saturated heterocycles. The monoisotopic (exact) mass is 355 g/mol. The van der Waals surface area contributed by atoms with Crippen molar-refractivity contribution in [3.8, 4) is 11.5 Å². The van der Waals surface area contributed by atoms with Crippen LogP contribution in [0.1, 0.15) is 12.5 Å². The molecule has 25 heavy (non-hydrogen) atoms. The molecule has 2 aromatic carbocycles. The molecule has 5 nitrogen and oxygen atoms in total. The molecule has 1 fully saturated rings. The molecule has 1 aliphatic rings. The van der Waals surface area contributed by atoms with Gasteiger partial charge in [-0.3, -0.25) is 9.59 Å². The van der Waals surface area contributed by atoms with Gasteiger partial charge in [0.2, 0.25) is 0 Å². The summed E-state index contributed by atoms with van der Waals surface area (Å²) in [6, 6.07) is 14.4. The van der Waals surface area contributed by atoms with E-state index in [1.54, 1.807) is 31.4 Å². The Labute approximate surface area is 150 Å². The predicted octanol–water partition coefficient (Wildman–Crippen LogP) is 4.33. The molecule has 0 aromatic heterocycles. The number of anilines is 1. The van der Waals surface area contributed by atoms with Crippen LogP contribution in [0.2, 0.25) is 0 Å². The lowest BCUT2D eigenvalue weighted by atomic mass is 10.1. The molecule has 0 N–H and O–H groups in total. The second-order valence-corrected chi connectivity index (χ2v) is 6.33. The number of ether oxygens (including phenoxy) is 2. The molecule has 1 heterocycles. The number of methoxy groups -OCH3 is 2. The van der Waals surface area contributed by atoms with Crippen LogP contribution < -0.4 is 14.4 Å². The second kappa shape index (κ2) is 7.03. The molecule has 0 saturated carbocycles. The van der Waals surface area contributed by atoms with Gasteiger partial charge in [0, 0.05) is 0 Å². The number of allylic oxidation sites excluding steroid dienone is 1. The van der Waals surface area contributed by atoms with Gasteiger partial charge in [-0.05, 0) is 54.1 Å². The van der Waals surface area contributed by atoms with E-state index in [1.165, 1.54) is 7.11 Å². The molecule has 0 atom stereocenters. The Morgan fingerprint density at radius 1 is 1.00 bits per heavy atom. The van der Waals surface area contributed by atoms with Gasteiger partial charge in [-0.15, -0.1) is 0 Å². The summed E-state index contributed by atoms with van der Waals surface area (Å²) in [6.07, 6.45) is 0. The zero-order chi connectivity index (χ0) is 18.0. The highest BCUT2D eigenvalue weighted by Gasteiger charge is 2.39. The maximum atomic E-state index is 12.9. The van der Waals surface area contributed by atoms with E-state index < -0.39 is 0 Å². The van der Waals surface area contributed by atoms with Gasteiger partial charge < -0.3 is 9.47 Å². The minimum Gasteiger partial charge on any atom is -0.497 e. The Kier molecular flexibility index (Phi) is 4.81. The predicted molar refractivity (Wildman–Crippen MR) is 99.1 cm³/mol.